The van der Waals surface area contributed by atoms with E-state index >= 15 is 0 Å². The van der Waals surface area contributed by atoms with E-state index in [2.05, 4.69) is 30.8 Å². The molecule has 4 rings (SSSR count). The average molecular weight is 562 g/mol. The first-order chi connectivity index (χ1) is 17.9. The Hall–Kier alpha value is -3.09. The van der Waals surface area contributed by atoms with Gasteiger partial charge in [-0.2, -0.15) is 0 Å². The molecule has 3 N–H and O–H groups in total. The molecule has 1 fully saturated rings. The second-order valence-electron chi connectivity index (χ2n) is 10.3. The largest absolute Gasteiger partial charge is 0.349 e. The van der Waals surface area contributed by atoms with Gasteiger partial charge in [0.1, 0.15) is 5.82 Å². The highest BCUT2D eigenvalue weighted by Crippen LogP contribution is 2.34. The maximum atomic E-state index is 13.4. The molecule has 1 aliphatic carbocycles. The number of nitrogens with one attached hydrogen (secondary N) is 3. The van der Waals surface area contributed by atoms with Gasteiger partial charge >= 0.3 is 11.8 Å². The van der Waals surface area contributed by atoms with Crippen LogP contribution in [0, 0.1) is 5.92 Å². The molecular formula is C25H32ClN7O4S. The molecule has 3 unspecified atom stereocenters. The van der Waals surface area contributed by atoms with E-state index in [1.54, 1.807) is 27.1 Å². The number of anilines is 1. The fraction of sp³-hybridized carbons (Fsp3) is 0.520. The minimum Gasteiger partial charge on any atom is -0.349 e. The summed E-state index contributed by atoms with van der Waals surface area (Å²) in [7, 11) is 5.41. The van der Waals surface area contributed by atoms with Gasteiger partial charge in [-0.3, -0.25) is 19.2 Å². The molecule has 1 aliphatic heterocycles. The van der Waals surface area contributed by atoms with E-state index in [1.165, 1.54) is 28.5 Å². The summed E-state index contributed by atoms with van der Waals surface area (Å²) in [5, 5.41) is 9.03. The van der Waals surface area contributed by atoms with Crippen molar-refractivity contribution in [2.24, 2.45) is 5.92 Å². The van der Waals surface area contributed by atoms with Crippen molar-refractivity contribution < 1.29 is 19.2 Å². The lowest BCUT2D eigenvalue weighted by atomic mass is 9.72. The minimum absolute atomic E-state index is 0.0467. The van der Waals surface area contributed by atoms with Crippen molar-refractivity contribution in [3.05, 3.63) is 38.9 Å². The van der Waals surface area contributed by atoms with Crippen molar-refractivity contribution in [1.82, 2.24) is 30.4 Å². The Balaban J connectivity index is 1.51. The molecule has 38 heavy (non-hydrogen) atoms. The van der Waals surface area contributed by atoms with Crippen LogP contribution in [0.1, 0.15) is 46.6 Å². The first-order valence-corrected chi connectivity index (χ1v) is 13.6. The lowest BCUT2D eigenvalue weighted by Gasteiger charge is -2.45. The van der Waals surface area contributed by atoms with Gasteiger partial charge in [0, 0.05) is 50.6 Å². The van der Waals surface area contributed by atoms with Crippen molar-refractivity contribution in [3.63, 3.8) is 0 Å². The molecular weight excluding hydrogens is 530 g/mol. The monoisotopic (exact) mass is 561 g/mol. The van der Waals surface area contributed by atoms with Crippen molar-refractivity contribution in [2.75, 3.05) is 33.0 Å². The first-order valence-electron chi connectivity index (χ1n) is 12.4. The predicted molar refractivity (Wildman–Crippen MR) is 144 cm³/mol. The van der Waals surface area contributed by atoms with Gasteiger partial charge in [0.05, 0.1) is 22.3 Å². The Labute approximate surface area is 230 Å². The van der Waals surface area contributed by atoms with Crippen LogP contribution in [0.2, 0.25) is 5.02 Å². The van der Waals surface area contributed by atoms with Gasteiger partial charge in [-0.1, -0.05) is 11.6 Å². The molecule has 0 saturated heterocycles. The second kappa shape index (κ2) is 11.3. The molecule has 3 heterocycles. The first kappa shape index (κ1) is 27.9. The lowest BCUT2D eigenvalue weighted by molar-refractivity contribution is -0.138. The van der Waals surface area contributed by atoms with E-state index < -0.39 is 23.4 Å². The third-order valence-electron chi connectivity index (χ3n) is 7.03. The quantitative estimate of drug-likeness (QED) is 0.472. The minimum atomic E-state index is -0.997. The summed E-state index contributed by atoms with van der Waals surface area (Å²) >= 11 is 7.19. The summed E-state index contributed by atoms with van der Waals surface area (Å²) < 4.78 is 0. The lowest BCUT2D eigenvalue weighted by Crippen LogP contribution is -2.64. The number of hydrogen-bond donors (Lipinski definition) is 3. The number of amides is 4. The maximum Gasteiger partial charge on any atom is 0.314 e. The van der Waals surface area contributed by atoms with Gasteiger partial charge in [-0.05, 0) is 45.4 Å². The van der Waals surface area contributed by atoms with E-state index in [0.717, 1.165) is 30.1 Å². The van der Waals surface area contributed by atoms with Crippen LogP contribution in [0.25, 0.3) is 0 Å². The van der Waals surface area contributed by atoms with Crippen molar-refractivity contribution >= 4 is 52.4 Å². The zero-order valence-corrected chi connectivity index (χ0v) is 23.4. The molecule has 0 radical (unpaired) electrons. The number of rotatable bonds is 5. The zero-order valence-electron chi connectivity index (χ0n) is 21.8. The smallest absolute Gasteiger partial charge is 0.314 e. The van der Waals surface area contributed by atoms with Crippen LogP contribution < -0.4 is 16.0 Å². The number of fused-ring (bicyclic) bond motifs is 1. The molecule has 1 saturated carbocycles. The van der Waals surface area contributed by atoms with E-state index in [1.807, 2.05) is 7.05 Å². The summed E-state index contributed by atoms with van der Waals surface area (Å²) in [5.74, 6) is -2.32. The molecule has 0 aromatic carbocycles. The van der Waals surface area contributed by atoms with Gasteiger partial charge in [0.2, 0.25) is 5.91 Å². The number of pyridine rings is 1. The van der Waals surface area contributed by atoms with Gasteiger partial charge in [0.25, 0.3) is 5.91 Å². The molecule has 4 amide bonds. The topological polar surface area (TPSA) is 137 Å². The molecule has 3 atom stereocenters. The molecule has 0 spiro atoms. The fourth-order valence-electron chi connectivity index (χ4n) is 4.97. The van der Waals surface area contributed by atoms with E-state index in [-0.39, 0.29) is 23.6 Å². The molecule has 11 nitrogen and oxygen atoms in total. The highest BCUT2D eigenvalue weighted by atomic mass is 35.5. The van der Waals surface area contributed by atoms with E-state index in [0.29, 0.717) is 29.3 Å². The Bertz CT molecular complexity index is 1230. The van der Waals surface area contributed by atoms with Crippen LogP contribution in [-0.2, 0) is 27.3 Å². The number of thiazole rings is 1. The Morgan fingerprint density at radius 1 is 1.18 bits per heavy atom. The molecule has 13 heteroatoms. The number of carbonyl (C=O) groups excluding carboxylic acids is 4. The third-order valence-corrected chi connectivity index (χ3v) is 8.33. The predicted octanol–water partition coefficient (Wildman–Crippen LogP) is 1.68. The standard InChI is InChI=1S/C25H32ClN7O4S/c1-25(31-22(36)23-28-16-9-10-33(4)13-17(16)38-23)11-14(24(37)32(2)3)5-7-18(25)29-20(34)21(35)30-19-8-6-15(26)12-27-19/h6,8,12,14,18H,5,7,9-11,13H2,1-4H3,(H,29,34)(H,31,36)(H,27,30,35). The van der Waals surface area contributed by atoms with Gasteiger partial charge in [0.15, 0.2) is 5.01 Å². The van der Waals surface area contributed by atoms with Crippen molar-refractivity contribution in [1.29, 1.82) is 0 Å². The van der Waals surface area contributed by atoms with Crippen molar-refractivity contribution in [2.45, 2.75) is 50.7 Å². The second-order valence-corrected chi connectivity index (χ2v) is 11.8. The van der Waals surface area contributed by atoms with Gasteiger partial charge < -0.3 is 25.8 Å². The SMILES string of the molecule is CN1CCc2nc(C(=O)NC3(C)CC(C(=O)N(C)C)CCC3NC(=O)C(=O)Nc3ccc(Cl)cn3)sc2C1. The summed E-state index contributed by atoms with van der Waals surface area (Å²) in [5.41, 5.74) is -0.0617. The normalized spacial score (nSPS) is 23.2. The van der Waals surface area contributed by atoms with E-state index in [4.69, 9.17) is 11.6 Å². The molecule has 0 bridgehead atoms. The highest BCUT2D eigenvalue weighted by Gasteiger charge is 2.45. The van der Waals surface area contributed by atoms with Crippen LogP contribution in [-0.4, -0.2) is 82.7 Å². The summed E-state index contributed by atoms with van der Waals surface area (Å²) in [6, 6.07) is 2.45. The number of hydrogen-bond acceptors (Lipinski definition) is 8. The van der Waals surface area contributed by atoms with Gasteiger partial charge in [-0.15, -0.1) is 11.3 Å². The van der Waals surface area contributed by atoms with Crippen LogP contribution in [0.4, 0.5) is 5.82 Å². The fourth-order valence-corrected chi connectivity index (χ4v) is 6.16. The Morgan fingerprint density at radius 3 is 2.63 bits per heavy atom. The summed E-state index contributed by atoms with van der Waals surface area (Å²) in [4.78, 5) is 64.9. The van der Waals surface area contributed by atoms with Gasteiger partial charge in [-0.25, -0.2) is 9.97 Å². The maximum absolute atomic E-state index is 13.4. The van der Waals surface area contributed by atoms with Crippen LogP contribution in [0.5, 0.6) is 0 Å². The number of likely N-dealkylation sites (N-methyl/N-ethyl adjacent to an activating group) is 1. The van der Waals surface area contributed by atoms with Crippen LogP contribution >= 0.6 is 22.9 Å². The van der Waals surface area contributed by atoms with Crippen molar-refractivity contribution in [3.8, 4) is 0 Å². The zero-order chi connectivity index (χ0) is 27.6. The highest BCUT2D eigenvalue weighted by molar-refractivity contribution is 7.13. The number of carbonyl (C=O) groups is 4. The summed E-state index contributed by atoms with van der Waals surface area (Å²) in [6.07, 6.45) is 3.35. The average Bonchev–Trinajstić information content (AvgIpc) is 3.29. The summed E-state index contributed by atoms with van der Waals surface area (Å²) in [6.45, 7) is 3.42. The number of halogens is 1. The van der Waals surface area contributed by atoms with Crippen LogP contribution in [0.15, 0.2) is 18.3 Å². The molecule has 2 aliphatic rings. The Morgan fingerprint density at radius 2 is 1.95 bits per heavy atom. The van der Waals surface area contributed by atoms with E-state index in [9.17, 15) is 19.2 Å². The third kappa shape index (κ3) is 6.30. The number of nitrogens with zero attached hydrogens (tertiary/aromatic N) is 4. The molecule has 204 valence electrons. The van der Waals surface area contributed by atoms with Crippen LogP contribution in [0.3, 0.4) is 0 Å². The molecule has 2 aromatic heterocycles. The number of aromatic nitrogens is 2. The molecule has 2 aromatic rings. The Kier molecular flexibility index (Phi) is 8.34.